The van der Waals surface area contributed by atoms with Gasteiger partial charge in [0, 0.05) is 30.5 Å². The SMILES string of the molecule is COCc1cc2c(cc1O)C(C)N(C1(C)CC1)n1cc(C(=O)OC(C)C)c(=O)cc1-2. The van der Waals surface area contributed by atoms with Crippen LogP contribution in [0.3, 0.4) is 0 Å². The molecule has 1 unspecified atom stereocenters. The number of carbonyl (C=O) groups is 1. The number of carbonyl (C=O) groups excluding carboxylic acids is 1. The van der Waals surface area contributed by atoms with E-state index in [4.69, 9.17) is 9.47 Å². The predicted octanol–water partition coefficient (Wildman–Crippen LogP) is 3.50. The normalized spacial score (nSPS) is 18.7. The molecule has 0 bridgehead atoms. The molecule has 4 rings (SSSR count). The predicted molar refractivity (Wildman–Crippen MR) is 113 cm³/mol. The number of aromatic nitrogens is 1. The maximum atomic E-state index is 12.8. The van der Waals surface area contributed by atoms with Crippen molar-refractivity contribution < 1.29 is 19.4 Å². The third-order valence-electron chi connectivity index (χ3n) is 6.00. The number of ether oxygens (including phenoxy) is 2. The lowest BCUT2D eigenvalue weighted by Crippen LogP contribution is -2.49. The molecule has 0 amide bonds. The summed E-state index contributed by atoms with van der Waals surface area (Å²) in [4.78, 5) is 25.4. The Morgan fingerprint density at radius 1 is 1.30 bits per heavy atom. The van der Waals surface area contributed by atoms with E-state index >= 15 is 0 Å². The summed E-state index contributed by atoms with van der Waals surface area (Å²) in [6.07, 6.45) is 3.32. The fourth-order valence-electron chi connectivity index (χ4n) is 4.28. The highest BCUT2D eigenvalue weighted by molar-refractivity contribution is 5.89. The van der Waals surface area contributed by atoms with E-state index in [9.17, 15) is 14.7 Å². The molecule has 7 nitrogen and oxygen atoms in total. The van der Waals surface area contributed by atoms with Crippen molar-refractivity contribution in [1.29, 1.82) is 0 Å². The molecule has 2 heterocycles. The second-order valence-corrected chi connectivity index (χ2v) is 8.75. The van der Waals surface area contributed by atoms with Crippen molar-refractivity contribution in [2.75, 3.05) is 12.1 Å². The van der Waals surface area contributed by atoms with E-state index in [1.54, 1.807) is 33.2 Å². The molecule has 0 saturated heterocycles. The smallest absolute Gasteiger partial charge is 0.343 e. The number of rotatable bonds is 5. The van der Waals surface area contributed by atoms with E-state index in [-0.39, 0.29) is 41.0 Å². The number of fused-ring (bicyclic) bond motifs is 3. The maximum Gasteiger partial charge on any atom is 0.343 e. The summed E-state index contributed by atoms with van der Waals surface area (Å²) in [5.41, 5.74) is 2.70. The molecule has 0 spiro atoms. The molecule has 30 heavy (non-hydrogen) atoms. The van der Waals surface area contributed by atoms with Crippen molar-refractivity contribution in [3.63, 3.8) is 0 Å². The summed E-state index contributed by atoms with van der Waals surface area (Å²) in [5, 5.41) is 12.7. The molecule has 1 aliphatic carbocycles. The highest BCUT2D eigenvalue weighted by Gasteiger charge is 2.48. The van der Waals surface area contributed by atoms with E-state index in [2.05, 4.69) is 18.9 Å². The fraction of sp³-hybridized carbons (Fsp3) is 0.478. The summed E-state index contributed by atoms with van der Waals surface area (Å²) in [5.74, 6) is -0.438. The summed E-state index contributed by atoms with van der Waals surface area (Å²) >= 11 is 0. The van der Waals surface area contributed by atoms with Crippen LogP contribution in [-0.2, 0) is 16.1 Å². The quantitative estimate of drug-likeness (QED) is 0.757. The van der Waals surface area contributed by atoms with E-state index in [1.165, 1.54) is 6.07 Å². The van der Waals surface area contributed by atoms with Crippen molar-refractivity contribution >= 4 is 5.97 Å². The second kappa shape index (κ2) is 7.16. The summed E-state index contributed by atoms with van der Waals surface area (Å²) in [6.45, 7) is 8.02. The van der Waals surface area contributed by atoms with Gasteiger partial charge in [-0.1, -0.05) is 0 Å². The number of hydrogen-bond acceptors (Lipinski definition) is 6. The number of nitrogens with zero attached hydrogens (tertiary/aromatic N) is 2. The standard InChI is InChI=1S/C23H28N2O5/c1-13(2)30-22(28)18-11-24-19(10-21(18)27)17-8-15(12-29-5)20(26)9-16(17)14(3)25(24)23(4)6-7-23/h8-11,13-14,26H,6-7,12H2,1-5H3. The van der Waals surface area contributed by atoms with Gasteiger partial charge in [0.05, 0.1) is 30.0 Å². The number of phenols is 1. The Bertz CT molecular complexity index is 1070. The zero-order chi connectivity index (χ0) is 21.8. The van der Waals surface area contributed by atoms with Crippen molar-refractivity contribution in [3.05, 3.63) is 51.3 Å². The van der Waals surface area contributed by atoms with Crippen LogP contribution in [0.5, 0.6) is 5.75 Å². The van der Waals surface area contributed by atoms with E-state index in [0.29, 0.717) is 11.3 Å². The molecule has 1 saturated carbocycles. The molecule has 160 valence electrons. The van der Waals surface area contributed by atoms with Crippen LogP contribution < -0.4 is 10.4 Å². The molecule has 0 radical (unpaired) electrons. The lowest BCUT2D eigenvalue weighted by Gasteiger charge is -2.44. The van der Waals surface area contributed by atoms with Crippen LogP contribution in [0.15, 0.2) is 29.2 Å². The Balaban J connectivity index is 1.94. The first-order chi connectivity index (χ1) is 14.2. The van der Waals surface area contributed by atoms with E-state index in [1.807, 2.05) is 10.7 Å². The minimum atomic E-state index is -0.615. The van der Waals surface area contributed by atoms with Gasteiger partial charge in [0.25, 0.3) is 0 Å². The highest BCUT2D eigenvalue weighted by atomic mass is 16.5. The van der Waals surface area contributed by atoms with Gasteiger partial charge in [-0.15, -0.1) is 0 Å². The summed E-state index contributed by atoms with van der Waals surface area (Å²) < 4.78 is 12.4. The monoisotopic (exact) mass is 412 g/mol. The average molecular weight is 412 g/mol. The van der Waals surface area contributed by atoms with Gasteiger partial charge in [0.1, 0.15) is 11.3 Å². The lowest BCUT2D eigenvalue weighted by atomic mass is 9.92. The Hall–Kier alpha value is -2.80. The van der Waals surface area contributed by atoms with Crippen LogP contribution >= 0.6 is 0 Å². The highest BCUT2D eigenvalue weighted by Crippen LogP contribution is 2.49. The molecule has 1 aliphatic heterocycles. The molecule has 2 aliphatic rings. The molecule has 2 aromatic rings. The Morgan fingerprint density at radius 2 is 2.00 bits per heavy atom. The van der Waals surface area contributed by atoms with Gasteiger partial charge >= 0.3 is 5.97 Å². The molecule has 1 N–H and O–H groups in total. The van der Waals surface area contributed by atoms with Crippen LogP contribution in [0.4, 0.5) is 0 Å². The summed E-state index contributed by atoms with van der Waals surface area (Å²) in [6, 6.07) is 5.07. The first-order valence-corrected chi connectivity index (χ1v) is 10.3. The van der Waals surface area contributed by atoms with Crippen molar-refractivity contribution in [2.45, 2.75) is 64.8 Å². The Labute approximate surface area is 175 Å². The molecular weight excluding hydrogens is 384 g/mol. The fourth-order valence-corrected chi connectivity index (χ4v) is 4.28. The van der Waals surface area contributed by atoms with Crippen LogP contribution in [0.1, 0.15) is 68.1 Å². The number of hydrogen-bond donors (Lipinski definition) is 1. The van der Waals surface area contributed by atoms with Gasteiger partial charge in [-0.2, -0.15) is 0 Å². The Morgan fingerprint density at radius 3 is 2.60 bits per heavy atom. The molecule has 7 heteroatoms. The number of aromatic hydroxyl groups is 1. The van der Waals surface area contributed by atoms with E-state index < -0.39 is 5.97 Å². The van der Waals surface area contributed by atoms with Gasteiger partial charge in [0.15, 0.2) is 5.43 Å². The molecule has 1 atom stereocenters. The third kappa shape index (κ3) is 3.27. The molecule has 1 fully saturated rings. The van der Waals surface area contributed by atoms with E-state index in [0.717, 1.165) is 24.0 Å². The van der Waals surface area contributed by atoms with Gasteiger partial charge in [-0.05, 0) is 58.2 Å². The maximum absolute atomic E-state index is 12.8. The zero-order valence-corrected chi connectivity index (χ0v) is 18.1. The number of pyridine rings is 1. The number of phenolic OH excluding ortho intramolecular Hbond substituents is 1. The zero-order valence-electron chi connectivity index (χ0n) is 18.1. The molecule has 1 aromatic carbocycles. The van der Waals surface area contributed by atoms with Gasteiger partial charge in [0.2, 0.25) is 0 Å². The largest absolute Gasteiger partial charge is 0.508 e. The number of esters is 1. The first-order valence-electron chi connectivity index (χ1n) is 10.3. The average Bonchev–Trinajstić information content (AvgIpc) is 3.41. The van der Waals surface area contributed by atoms with Gasteiger partial charge in [-0.25, -0.2) is 4.79 Å². The Kier molecular flexibility index (Phi) is 4.89. The van der Waals surface area contributed by atoms with Crippen molar-refractivity contribution in [3.8, 4) is 17.0 Å². The molecular formula is C23H28N2O5. The molecule has 1 aromatic heterocycles. The minimum absolute atomic E-state index is 0.0215. The van der Waals surface area contributed by atoms with Crippen LogP contribution in [0.2, 0.25) is 0 Å². The second-order valence-electron chi connectivity index (χ2n) is 8.75. The van der Waals surface area contributed by atoms with Crippen molar-refractivity contribution in [2.24, 2.45) is 0 Å². The van der Waals surface area contributed by atoms with Gasteiger partial charge < -0.3 is 14.6 Å². The summed E-state index contributed by atoms with van der Waals surface area (Å²) in [7, 11) is 1.57. The lowest BCUT2D eigenvalue weighted by molar-refractivity contribution is 0.0375. The first kappa shape index (κ1) is 20.5. The number of methoxy groups -OCH3 is 1. The van der Waals surface area contributed by atoms with Crippen LogP contribution in [0.25, 0.3) is 11.3 Å². The van der Waals surface area contributed by atoms with Gasteiger partial charge in [-0.3, -0.25) is 14.5 Å². The van der Waals surface area contributed by atoms with Crippen molar-refractivity contribution in [1.82, 2.24) is 4.68 Å². The van der Waals surface area contributed by atoms with Crippen LogP contribution in [0, 0.1) is 0 Å². The third-order valence-corrected chi connectivity index (χ3v) is 6.00. The number of benzene rings is 1. The van der Waals surface area contributed by atoms with Crippen LogP contribution in [-0.4, -0.2) is 34.5 Å². The topological polar surface area (TPSA) is 81.0 Å². The minimum Gasteiger partial charge on any atom is -0.508 e.